The van der Waals surface area contributed by atoms with Crippen molar-refractivity contribution in [2.45, 2.75) is 19.8 Å². The first-order valence-corrected chi connectivity index (χ1v) is 12.8. The highest BCUT2D eigenvalue weighted by molar-refractivity contribution is 9.11. The molecule has 5 aromatic rings. The molecule has 0 spiro atoms. The number of H-pyrrole nitrogens is 4. The minimum absolute atomic E-state index is 0.0287. The third kappa shape index (κ3) is 4.29. The van der Waals surface area contributed by atoms with Crippen molar-refractivity contribution in [3.63, 3.8) is 0 Å². The molecular weight excluding hydrogens is 588 g/mol. The van der Waals surface area contributed by atoms with Crippen LogP contribution in [0.2, 0.25) is 0 Å². The van der Waals surface area contributed by atoms with Gasteiger partial charge in [-0.25, -0.2) is 0 Å². The summed E-state index contributed by atoms with van der Waals surface area (Å²) in [5, 5.41) is 21.8. The van der Waals surface area contributed by atoms with Gasteiger partial charge >= 0.3 is 0 Å². The van der Waals surface area contributed by atoms with Gasteiger partial charge in [-0.1, -0.05) is 59.7 Å². The summed E-state index contributed by atoms with van der Waals surface area (Å²) in [4.78, 5) is 26.7. The number of aromatic hydroxyl groups is 1. The molecule has 0 aliphatic rings. The van der Waals surface area contributed by atoms with Gasteiger partial charge in [0.25, 0.3) is 11.1 Å². The first-order valence-electron chi connectivity index (χ1n) is 11.2. The maximum absolute atomic E-state index is 13.3. The predicted molar refractivity (Wildman–Crippen MR) is 148 cm³/mol. The van der Waals surface area contributed by atoms with Crippen LogP contribution < -0.4 is 11.1 Å². The van der Waals surface area contributed by atoms with Gasteiger partial charge in [0.1, 0.15) is 5.75 Å². The maximum Gasteiger partial charge on any atom is 0.268 e. The molecule has 5 N–H and O–H groups in total. The molecule has 0 amide bonds. The molecule has 2 aromatic heterocycles. The Hall–Kier alpha value is -3.56. The third-order valence-electron chi connectivity index (χ3n) is 6.26. The average molecular weight is 610 g/mol. The monoisotopic (exact) mass is 608 g/mol. The zero-order valence-corrected chi connectivity index (χ0v) is 22.5. The maximum atomic E-state index is 13.3. The van der Waals surface area contributed by atoms with Crippen LogP contribution in [0.4, 0.5) is 0 Å². The van der Waals surface area contributed by atoms with Crippen LogP contribution in [0.5, 0.6) is 5.75 Å². The van der Waals surface area contributed by atoms with Gasteiger partial charge in [-0.15, -0.1) is 0 Å². The van der Waals surface area contributed by atoms with E-state index in [0.29, 0.717) is 37.0 Å². The van der Waals surface area contributed by atoms with Crippen LogP contribution in [-0.4, -0.2) is 25.5 Å². The van der Waals surface area contributed by atoms with E-state index in [0.717, 1.165) is 22.3 Å². The molecule has 0 aliphatic heterocycles. The van der Waals surface area contributed by atoms with Crippen molar-refractivity contribution in [1.82, 2.24) is 20.4 Å². The normalized spacial score (nSPS) is 11.4. The Morgan fingerprint density at radius 3 is 1.44 bits per heavy atom. The molecule has 0 unspecified atom stereocenters. The standard InChI is InChI=1S/C27H22Br2N4O3/c1-13-3-7-15(8-4-13)23-21(26(35)32-30-23)20(17-11-18(28)25(34)19(29)12-17)22-24(31-33-27(22)36)16-9-5-14(2)6-10-16/h3-12,20,34H,1-2H3,(H2,30,32,35)(H2,31,33,36). The lowest BCUT2D eigenvalue weighted by molar-refractivity contribution is 0.468. The Bertz CT molecular complexity index is 1560. The number of aromatic amines is 4. The lowest BCUT2D eigenvalue weighted by atomic mass is 9.83. The second kappa shape index (κ2) is 9.48. The number of hydrogen-bond acceptors (Lipinski definition) is 3. The largest absolute Gasteiger partial charge is 0.506 e. The number of rotatable bonds is 5. The van der Waals surface area contributed by atoms with Crippen LogP contribution in [0.1, 0.15) is 33.7 Å². The number of aromatic nitrogens is 4. The van der Waals surface area contributed by atoms with Crippen molar-refractivity contribution in [2.24, 2.45) is 0 Å². The van der Waals surface area contributed by atoms with E-state index in [9.17, 15) is 14.7 Å². The van der Waals surface area contributed by atoms with Crippen molar-refractivity contribution < 1.29 is 5.11 Å². The van der Waals surface area contributed by atoms with Crippen molar-refractivity contribution in [1.29, 1.82) is 0 Å². The van der Waals surface area contributed by atoms with Crippen molar-refractivity contribution in [2.75, 3.05) is 0 Å². The number of halogens is 2. The van der Waals surface area contributed by atoms with Gasteiger partial charge in [0.05, 0.1) is 31.5 Å². The molecule has 5 rings (SSSR count). The molecule has 0 fully saturated rings. The fraction of sp³-hybridized carbons (Fsp3) is 0.111. The van der Waals surface area contributed by atoms with Crippen LogP contribution in [0.15, 0.2) is 79.2 Å². The van der Waals surface area contributed by atoms with Gasteiger partial charge < -0.3 is 5.11 Å². The number of aryl methyl sites for hydroxylation is 2. The number of nitrogens with one attached hydrogen (secondary N) is 4. The smallest absolute Gasteiger partial charge is 0.268 e. The fourth-order valence-corrected chi connectivity index (χ4v) is 5.63. The molecule has 0 radical (unpaired) electrons. The predicted octanol–water partition coefficient (Wildman–Crippen LogP) is 6.08. The van der Waals surface area contributed by atoms with Gasteiger partial charge in [-0.2, -0.15) is 0 Å². The number of phenolic OH excluding ortho intramolecular Hbond substituents is 1. The second-order valence-electron chi connectivity index (χ2n) is 8.73. The molecule has 36 heavy (non-hydrogen) atoms. The SMILES string of the molecule is Cc1ccc(-c2[nH][nH]c(=O)c2C(c2cc(Br)c(O)c(Br)c2)c2c(-c3ccc(C)cc3)[nH][nH]c2=O)cc1. The van der Waals surface area contributed by atoms with E-state index in [1.54, 1.807) is 12.1 Å². The second-order valence-corrected chi connectivity index (χ2v) is 10.4. The Morgan fingerprint density at radius 1 is 0.667 bits per heavy atom. The highest BCUT2D eigenvalue weighted by Crippen LogP contribution is 2.42. The van der Waals surface area contributed by atoms with Gasteiger partial charge in [0.2, 0.25) is 0 Å². The van der Waals surface area contributed by atoms with Gasteiger partial charge in [-0.05, 0) is 74.5 Å². The van der Waals surface area contributed by atoms with Crippen LogP contribution in [0, 0.1) is 13.8 Å². The topological polar surface area (TPSA) is 118 Å². The molecule has 0 atom stereocenters. The van der Waals surface area contributed by atoms with Crippen LogP contribution in [-0.2, 0) is 0 Å². The summed E-state index contributed by atoms with van der Waals surface area (Å²) in [6.07, 6.45) is 0. The van der Waals surface area contributed by atoms with Crippen LogP contribution in [0.25, 0.3) is 22.5 Å². The molecule has 0 aliphatic carbocycles. The summed E-state index contributed by atoms with van der Waals surface area (Å²) in [5.74, 6) is -0.739. The van der Waals surface area contributed by atoms with E-state index >= 15 is 0 Å². The molecule has 0 saturated carbocycles. The Balaban J connectivity index is 1.83. The fourth-order valence-electron chi connectivity index (χ4n) is 4.41. The van der Waals surface area contributed by atoms with E-state index in [-0.39, 0.29) is 16.9 Å². The van der Waals surface area contributed by atoms with E-state index in [4.69, 9.17) is 0 Å². The summed E-state index contributed by atoms with van der Waals surface area (Å²) in [5.41, 5.74) is 5.69. The summed E-state index contributed by atoms with van der Waals surface area (Å²) >= 11 is 6.81. The Labute approximate surface area is 222 Å². The molecule has 182 valence electrons. The Morgan fingerprint density at radius 2 is 1.06 bits per heavy atom. The summed E-state index contributed by atoms with van der Waals surface area (Å²) in [7, 11) is 0. The molecule has 9 heteroatoms. The van der Waals surface area contributed by atoms with Crippen LogP contribution in [0.3, 0.4) is 0 Å². The van der Waals surface area contributed by atoms with Gasteiger partial charge in [0, 0.05) is 5.92 Å². The first kappa shape index (κ1) is 24.1. The molecule has 0 bridgehead atoms. The minimum Gasteiger partial charge on any atom is -0.506 e. The van der Waals surface area contributed by atoms with Gasteiger partial charge in [-0.3, -0.25) is 30.0 Å². The first-order chi connectivity index (χ1) is 17.2. The average Bonchev–Trinajstić information content (AvgIpc) is 3.42. The summed E-state index contributed by atoms with van der Waals surface area (Å²) in [6.45, 7) is 3.98. The molecular formula is C27H22Br2N4O3. The molecule has 3 aromatic carbocycles. The lowest BCUT2D eigenvalue weighted by Crippen LogP contribution is -2.20. The third-order valence-corrected chi connectivity index (χ3v) is 7.47. The molecule has 7 nitrogen and oxygen atoms in total. The number of hydrogen-bond donors (Lipinski definition) is 5. The van der Waals surface area contributed by atoms with Crippen molar-refractivity contribution in [3.8, 4) is 28.3 Å². The van der Waals surface area contributed by atoms with E-state index in [1.165, 1.54) is 0 Å². The molecule has 0 saturated heterocycles. The lowest BCUT2D eigenvalue weighted by Gasteiger charge is -2.19. The molecule has 2 heterocycles. The zero-order valence-electron chi connectivity index (χ0n) is 19.4. The van der Waals surface area contributed by atoms with Crippen LogP contribution >= 0.6 is 31.9 Å². The van der Waals surface area contributed by atoms with E-state index in [2.05, 4.69) is 52.3 Å². The highest BCUT2D eigenvalue weighted by Gasteiger charge is 2.32. The van der Waals surface area contributed by atoms with Crippen molar-refractivity contribution in [3.05, 3.63) is 118 Å². The summed E-state index contributed by atoms with van der Waals surface area (Å²) < 4.78 is 0.870. The number of phenols is 1. The summed E-state index contributed by atoms with van der Waals surface area (Å²) in [6, 6.07) is 19.0. The number of benzene rings is 3. The van der Waals surface area contributed by atoms with Gasteiger partial charge in [0.15, 0.2) is 0 Å². The quantitative estimate of drug-likeness (QED) is 0.166. The Kier molecular flexibility index (Phi) is 6.36. The van der Waals surface area contributed by atoms with E-state index in [1.807, 2.05) is 62.4 Å². The van der Waals surface area contributed by atoms with Crippen molar-refractivity contribution >= 4 is 31.9 Å². The van der Waals surface area contributed by atoms with E-state index < -0.39 is 5.92 Å². The minimum atomic E-state index is -0.768. The zero-order chi connectivity index (χ0) is 25.6. The highest BCUT2D eigenvalue weighted by atomic mass is 79.9.